The largest absolute Gasteiger partial charge is 0.458 e. The summed E-state index contributed by atoms with van der Waals surface area (Å²) in [5, 5.41) is 98.8. The van der Waals surface area contributed by atoms with Gasteiger partial charge in [-0.2, -0.15) is 0 Å². The molecule has 9 N–H and O–H groups in total. The van der Waals surface area contributed by atoms with Gasteiger partial charge in [0, 0.05) is 23.8 Å². The quantitative estimate of drug-likeness (QED) is 0.0748. The van der Waals surface area contributed by atoms with Crippen LogP contribution in [0.3, 0.4) is 0 Å². The zero-order valence-corrected chi connectivity index (χ0v) is 28.8. The maximum atomic E-state index is 13.2. The van der Waals surface area contributed by atoms with Crippen LogP contribution in [0.4, 0.5) is 0 Å². The summed E-state index contributed by atoms with van der Waals surface area (Å²) in [6, 6.07) is 0. The Hall–Kier alpha value is -1.64. The smallest absolute Gasteiger partial charge is 0.331 e. The van der Waals surface area contributed by atoms with Gasteiger partial charge in [-0.15, -0.1) is 0 Å². The Morgan fingerprint density at radius 1 is 0.882 bits per heavy atom. The van der Waals surface area contributed by atoms with E-state index in [0.29, 0.717) is 19.3 Å². The molecule has 0 aromatic rings. The van der Waals surface area contributed by atoms with Gasteiger partial charge in [0.25, 0.3) is 0 Å². The number of hydrogen-bond acceptors (Lipinski definition) is 16. The molecule has 1 unspecified atom stereocenters. The van der Waals surface area contributed by atoms with Crippen molar-refractivity contribution >= 4 is 12.3 Å². The number of rotatable bonds is 7. The third-order valence-electron chi connectivity index (χ3n) is 14.0. The fourth-order valence-corrected chi connectivity index (χ4v) is 11.3. The number of hydrogen-bond donors (Lipinski definition) is 9. The average Bonchev–Trinajstić information content (AvgIpc) is 3.63. The van der Waals surface area contributed by atoms with E-state index in [9.17, 15) is 55.5 Å². The summed E-state index contributed by atoms with van der Waals surface area (Å²) in [6.07, 6.45) is -12.3. The Labute approximate surface area is 294 Å². The molecule has 0 aromatic heterocycles. The van der Waals surface area contributed by atoms with E-state index in [2.05, 4.69) is 0 Å². The molecule has 2 saturated heterocycles. The van der Waals surface area contributed by atoms with Crippen LogP contribution in [-0.2, 0) is 33.3 Å². The summed E-state index contributed by atoms with van der Waals surface area (Å²) in [5.41, 5.74) is -4.23. The van der Waals surface area contributed by atoms with E-state index >= 15 is 0 Å². The molecule has 3 heterocycles. The van der Waals surface area contributed by atoms with Gasteiger partial charge in [-0.3, -0.25) is 0 Å². The Kier molecular flexibility index (Phi) is 9.81. The van der Waals surface area contributed by atoms with Crippen LogP contribution in [0, 0.1) is 28.6 Å². The van der Waals surface area contributed by atoms with Crippen molar-refractivity contribution in [2.24, 2.45) is 28.6 Å². The van der Waals surface area contributed by atoms with E-state index in [1.807, 2.05) is 6.92 Å². The number of carbonyl (C=O) groups is 2. The van der Waals surface area contributed by atoms with Crippen molar-refractivity contribution < 1.29 is 79.2 Å². The van der Waals surface area contributed by atoms with E-state index in [1.54, 1.807) is 0 Å². The van der Waals surface area contributed by atoms with Crippen molar-refractivity contribution in [2.45, 2.75) is 150 Å². The first-order valence-corrected chi connectivity index (χ1v) is 18.1. The van der Waals surface area contributed by atoms with E-state index in [4.69, 9.17) is 23.7 Å². The van der Waals surface area contributed by atoms with Crippen LogP contribution >= 0.6 is 0 Å². The van der Waals surface area contributed by atoms with Crippen LogP contribution < -0.4 is 0 Å². The molecule has 16 nitrogen and oxygen atoms in total. The number of carbonyl (C=O) groups excluding carboxylic acids is 2. The molecule has 7 rings (SSSR count). The van der Waals surface area contributed by atoms with Gasteiger partial charge in [-0.05, 0) is 69.3 Å². The molecule has 19 atom stereocenters. The van der Waals surface area contributed by atoms with Gasteiger partial charge in [0.15, 0.2) is 12.6 Å². The zero-order valence-electron chi connectivity index (χ0n) is 28.8. The molecule has 0 spiro atoms. The maximum Gasteiger partial charge on any atom is 0.331 e. The topological polar surface area (TPSA) is 262 Å². The molecule has 6 fully saturated rings. The highest BCUT2D eigenvalue weighted by molar-refractivity contribution is 5.85. The van der Waals surface area contributed by atoms with Crippen molar-refractivity contribution in [3.63, 3.8) is 0 Å². The minimum absolute atomic E-state index is 0.0335. The van der Waals surface area contributed by atoms with E-state index in [0.717, 1.165) is 11.9 Å². The summed E-state index contributed by atoms with van der Waals surface area (Å²) >= 11 is 0. The number of cyclic esters (lactones) is 1. The molecule has 0 amide bonds. The first-order chi connectivity index (χ1) is 24.0. The van der Waals surface area contributed by atoms with Gasteiger partial charge in [-0.1, -0.05) is 6.92 Å². The predicted molar refractivity (Wildman–Crippen MR) is 169 cm³/mol. The second kappa shape index (κ2) is 13.3. The van der Waals surface area contributed by atoms with Crippen LogP contribution in [-0.4, -0.2) is 156 Å². The average molecular weight is 729 g/mol. The number of fused-ring (bicyclic) bond motifs is 5. The fourth-order valence-electron chi connectivity index (χ4n) is 11.3. The van der Waals surface area contributed by atoms with E-state index in [-0.39, 0.29) is 44.6 Å². The molecule has 4 saturated carbocycles. The van der Waals surface area contributed by atoms with Gasteiger partial charge in [0.1, 0.15) is 55.6 Å². The highest BCUT2D eigenvalue weighted by atomic mass is 16.7. The molecule has 0 radical (unpaired) electrons. The molecule has 16 heteroatoms. The third-order valence-corrected chi connectivity index (χ3v) is 14.0. The van der Waals surface area contributed by atoms with Crippen molar-refractivity contribution in [1.29, 1.82) is 0 Å². The normalized spacial score (nSPS) is 55.6. The minimum Gasteiger partial charge on any atom is -0.458 e. The second-order valence-corrected chi connectivity index (χ2v) is 16.4. The number of aliphatic hydroxyl groups excluding tert-OH is 7. The van der Waals surface area contributed by atoms with Gasteiger partial charge in [0.05, 0.1) is 41.5 Å². The van der Waals surface area contributed by atoms with Crippen LogP contribution in [0.2, 0.25) is 0 Å². The lowest BCUT2D eigenvalue weighted by Gasteiger charge is -2.66. The maximum absolute atomic E-state index is 13.2. The minimum atomic E-state index is -1.73. The molecule has 0 bridgehead atoms. The van der Waals surface area contributed by atoms with Crippen molar-refractivity contribution in [3.05, 3.63) is 11.6 Å². The summed E-state index contributed by atoms with van der Waals surface area (Å²) in [4.78, 5) is 25.1. The number of aldehydes is 1. The van der Waals surface area contributed by atoms with Gasteiger partial charge >= 0.3 is 5.97 Å². The predicted octanol–water partition coefficient (Wildman–Crippen LogP) is -2.45. The lowest BCUT2D eigenvalue weighted by Crippen LogP contribution is -2.72. The Bertz CT molecular complexity index is 1380. The lowest BCUT2D eigenvalue weighted by molar-refractivity contribution is -0.361. The first kappa shape index (κ1) is 37.7. The SMILES string of the molecule is C[C@H]1O[C@@H](O[C@H]2CC[C@]3(C=O)C4[C@H](O)C[C@]5(C)[C@@H](C6=CC(=O)OC6)CC[C@]5(O)[C@@H]4CC[C@]3(O)C2)[C@H](O)[C@H](O)[C@H]1O[C@@H]1O[C@H](CO)[C@@H](O)[C@H](O)[C@H]1O. The zero-order chi connectivity index (χ0) is 36.8. The van der Waals surface area contributed by atoms with Crippen molar-refractivity contribution in [2.75, 3.05) is 13.2 Å². The van der Waals surface area contributed by atoms with Crippen LogP contribution in [0.1, 0.15) is 65.2 Å². The summed E-state index contributed by atoms with van der Waals surface area (Å²) in [5.74, 6) is -1.82. The standard InChI is InChI=1S/C35H52O16/c1-15-29(51-31-27(43)25(41)24(40)21(12-36)50-31)26(42)28(44)30(48-15)49-17-3-6-33(14-37)23-19(4-7-34(33,45)10-17)35(46)8-5-18(16-9-22(39)47-13-16)32(35,2)11-20(23)38/h9,14-15,17-21,23-31,36,38,40-46H,3-8,10-13H2,1-2H3/t15-,17+,18-,19-,20-,21-,23?,24-,25+,26+,27-,28-,29+,30+,31+,32-,33+,34+,35+/m1/s1. The Balaban J connectivity index is 1.04. The molecule has 288 valence electrons. The monoisotopic (exact) mass is 728 g/mol. The Morgan fingerprint density at radius 2 is 1.59 bits per heavy atom. The lowest BCUT2D eigenvalue weighted by atomic mass is 9.41. The van der Waals surface area contributed by atoms with Crippen molar-refractivity contribution in [3.8, 4) is 0 Å². The second-order valence-electron chi connectivity index (χ2n) is 16.4. The van der Waals surface area contributed by atoms with Crippen LogP contribution in [0.25, 0.3) is 0 Å². The van der Waals surface area contributed by atoms with E-state index in [1.165, 1.54) is 13.0 Å². The van der Waals surface area contributed by atoms with Gasteiger partial charge in [-0.25, -0.2) is 4.79 Å². The van der Waals surface area contributed by atoms with Crippen LogP contribution in [0.15, 0.2) is 11.6 Å². The molecule has 51 heavy (non-hydrogen) atoms. The Morgan fingerprint density at radius 3 is 2.25 bits per heavy atom. The highest BCUT2D eigenvalue weighted by Crippen LogP contribution is 2.70. The van der Waals surface area contributed by atoms with E-state index < -0.39 is 120 Å². The van der Waals surface area contributed by atoms with Gasteiger partial charge in [0.2, 0.25) is 0 Å². The number of ether oxygens (including phenoxy) is 5. The molecular weight excluding hydrogens is 676 g/mol. The third kappa shape index (κ3) is 5.59. The van der Waals surface area contributed by atoms with Gasteiger partial charge < -0.3 is 74.4 Å². The molecule has 7 aliphatic rings. The molecule has 3 aliphatic heterocycles. The first-order valence-electron chi connectivity index (χ1n) is 18.1. The number of aliphatic hydroxyl groups is 9. The highest BCUT2D eigenvalue weighted by Gasteiger charge is 2.74. The summed E-state index contributed by atoms with van der Waals surface area (Å²) in [7, 11) is 0. The van der Waals surface area contributed by atoms with Crippen molar-refractivity contribution in [1.82, 2.24) is 0 Å². The van der Waals surface area contributed by atoms with Crippen LogP contribution in [0.5, 0.6) is 0 Å². The fraction of sp³-hybridized carbons (Fsp3) is 0.886. The molecular formula is C35H52O16. The molecule has 0 aromatic carbocycles. The number of esters is 1. The summed E-state index contributed by atoms with van der Waals surface area (Å²) < 4.78 is 28.3. The molecule has 4 aliphatic carbocycles. The summed E-state index contributed by atoms with van der Waals surface area (Å²) in [6.45, 7) is 2.94.